The monoisotopic (exact) mass is 271 g/mol. The Morgan fingerprint density at radius 2 is 1.80 bits per heavy atom. The molecule has 0 aliphatic heterocycles. The fourth-order valence-corrected chi connectivity index (χ4v) is 1.99. The number of Topliss-reactive ketones (excluding diaryl/α,β-unsaturated/α-hetero) is 1. The van der Waals surface area contributed by atoms with Crippen LogP contribution in [0.3, 0.4) is 0 Å². The Labute approximate surface area is 118 Å². The van der Waals surface area contributed by atoms with Crippen molar-refractivity contribution in [3.63, 3.8) is 0 Å². The van der Waals surface area contributed by atoms with E-state index in [4.69, 9.17) is 15.2 Å². The van der Waals surface area contributed by atoms with Crippen molar-refractivity contribution < 1.29 is 14.3 Å². The van der Waals surface area contributed by atoms with Gasteiger partial charge in [0.2, 0.25) is 0 Å². The average Bonchev–Trinajstić information content (AvgIpc) is 2.47. The minimum absolute atomic E-state index is 0.0181. The standard InChI is InChI=1S/C16H17NO3/c1-19-15-7-6-11(9-16(15)20-2)8-14(18)12-4-3-5-13(17)10-12/h3-7,9-10H,8,17H2,1-2H3. The van der Waals surface area contributed by atoms with Crippen LogP contribution in [0.1, 0.15) is 15.9 Å². The van der Waals surface area contributed by atoms with Crippen LogP contribution in [0.15, 0.2) is 42.5 Å². The first kappa shape index (κ1) is 13.9. The highest BCUT2D eigenvalue weighted by atomic mass is 16.5. The SMILES string of the molecule is COc1ccc(CC(=O)c2cccc(N)c2)cc1OC. The minimum Gasteiger partial charge on any atom is -0.493 e. The highest BCUT2D eigenvalue weighted by Crippen LogP contribution is 2.28. The maximum Gasteiger partial charge on any atom is 0.167 e. The van der Waals surface area contributed by atoms with Gasteiger partial charge in [0.25, 0.3) is 0 Å². The molecule has 0 saturated carbocycles. The molecule has 0 heterocycles. The molecule has 0 amide bonds. The molecule has 2 aromatic rings. The molecule has 2 rings (SSSR count). The van der Waals surface area contributed by atoms with Gasteiger partial charge in [-0.05, 0) is 29.8 Å². The second kappa shape index (κ2) is 6.10. The molecule has 0 aliphatic rings. The summed E-state index contributed by atoms with van der Waals surface area (Å²) in [5, 5.41) is 0. The first-order valence-electron chi connectivity index (χ1n) is 6.23. The number of nitrogen functional groups attached to an aromatic ring is 1. The minimum atomic E-state index is 0.0181. The normalized spacial score (nSPS) is 10.1. The van der Waals surface area contributed by atoms with Gasteiger partial charge in [-0.15, -0.1) is 0 Å². The van der Waals surface area contributed by atoms with Crippen molar-refractivity contribution in [1.29, 1.82) is 0 Å². The molecule has 4 heteroatoms. The van der Waals surface area contributed by atoms with Crippen molar-refractivity contribution in [2.45, 2.75) is 6.42 Å². The molecular weight excluding hydrogens is 254 g/mol. The largest absolute Gasteiger partial charge is 0.493 e. The third kappa shape index (κ3) is 3.09. The summed E-state index contributed by atoms with van der Waals surface area (Å²) >= 11 is 0. The zero-order valence-electron chi connectivity index (χ0n) is 11.6. The first-order chi connectivity index (χ1) is 9.63. The number of carbonyl (C=O) groups is 1. The summed E-state index contributed by atoms with van der Waals surface area (Å²) in [6.45, 7) is 0. The highest BCUT2D eigenvalue weighted by molar-refractivity contribution is 5.98. The fourth-order valence-electron chi connectivity index (χ4n) is 1.99. The molecule has 0 atom stereocenters. The number of benzene rings is 2. The van der Waals surface area contributed by atoms with E-state index in [-0.39, 0.29) is 5.78 Å². The van der Waals surface area contributed by atoms with Crippen LogP contribution < -0.4 is 15.2 Å². The van der Waals surface area contributed by atoms with Gasteiger partial charge in [0.15, 0.2) is 17.3 Å². The topological polar surface area (TPSA) is 61.5 Å². The third-order valence-electron chi connectivity index (χ3n) is 3.02. The van der Waals surface area contributed by atoms with Gasteiger partial charge in [-0.2, -0.15) is 0 Å². The molecule has 20 heavy (non-hydrogen) atoms. The molecule has 0 unspecified atom stereocenters. The summed E-state index contributed by atoms with van der Waals surface area (Å²) in [5.74, 6) is 1.28. The molecule has 2 N–H and O–H groups in total. The van der Waals surface area contributed by atoms with Gasteiger partial charge in [-0.1, -0.05) is 18.2 Å². The van der Waals surface area contributed by atoms with Crippen LogP contribution in [-0.2, 0) is 6.42 Å². The Kier molecular flexibility index (Phi) is 4.25. The Morgan fingerprint density at radius 1 is 1.05 bits per heavy atom. The number of methoxy groups -OCH3 is 2. The predicted molar refractivity (Wildman–Crippen MR) is 78.4 cm³/mol. The van der Waals surface area contributed by atoms with Gasteiger partial charge in [0.1, 0.15) is 0 Å². The van der Waals surface area contributed by atoms with Crippen molar-refractivity contribution in [3.8, 4) is 11.5 Å². The van der Waals surface area contributed by atoms with E-state index in [2.05, 4.69) is 0 Å². The molecule has 0 aromatic heterocycles. The van der Waals surface area contributed by atoms with E-state index in [1.54, 1.807) is 44.6 Å². The maximum absolute atomic E-state index is 12.2. The van der Waals surface area contributed by atoms with Crippen LogP contribution in [0.5, 0.6) is 11.5 Å². The quantitative estimate of drug-likeness (QED) is 0.671. The van der Waals surface area contributed by atoms with Crippen molar-refractivity contribution in [3.05, 3.63) is 53.6 Å². The smallest absolute Gasteiger partial charge is 0.167 e. The summed E-state index contributed by atoms with van der Waals surface area (Å²) < 4.78 is 10.4. The molecule has 0 radical (unpaired) electrons. The number of ketones is 1. The molecule has 0 aliphatic carbocycles. The second-order valence-corrected chi connectivity index (χ2v) is 4.41. The lowest BCUT2D eigenvalue weighted by atomic mass is 10.0. The van der Waals surface area contributed by atoms with E-state index in [9.17, 15) is 4.79 Å². The summed E-state index contributed by atoms with van der Waals surface area (Å²) in [7, 11) is 3.15. The van der Waals surface area contributed by atoms with Gasteiger partial charge >= 0.3 is 0 Å². The Hall–Kier alpha value is -2.49. The highest BCUT2D eigenvalue weighted by Gasteiger charge is 2.10. The molecular formula is C16H17NO3. The van der Waals surface area contributed by atoms with Crippen LogP contribution in [0.25, 0.3) is 0 Å². The summed E-state index contributed by atoms with van der Waals surface area (Å²) in [5.41, 5.74) is 7.75. The number of hydrogen-bond acceptors (Lipinski definition) is 4. The van der Waals surface area contributed by atoms with E-state index >= 15 is 0 Å². The van der Waals surface area contributed by atoms with Crippen molar-refractivity contribution >= 4 is 11.5 Å². The lowest BCUT2D eigenvalue weighted by Gasteiger charge is -2.09. The first-order valence-corrected chi connectivity index (χ1v) is 6.23. The van der Waals surface area contributed by atoms with Gasteiger partial charge in [0.05, 0.1) is 14.2 Å². The molecule has 0 bridgehead atoms. The van der Waals surface area contributed by atoms with E-state index in [1.807, 2.05) is 12.1 Å². The van der Waals surface area contributed by atoms with E-state index < -0.39 is 0 Å². The molecule has 104 valence electrons. The summed E-state index contributed by atoms with van der Waals surface area (Å²) in [4.78, 5) is 12.2. The van der Waals surface area contributed by atoms with Gasteiger partial charge in [-0.3, -0.25) is 4.79 Å². The molecule has 2 aromatic carbocycles. The molecule has 0 spiro atoms. The van der Waals surface area contributed by atoms with E-state index in [1.165, 1.54) is 0 Å². The lowest BCUT2D eigenvalue weighted by Crippen LogP contribution is -2.04. The number of nitrogens with two attached hydrogens (primary N) is 1. The predicted octanol–water partition coefficient (Wildman–Crippen LogP) is 2.71. The third-order valence-corrected chi connectivity index (χ3v) is 3.02. The van der Waals surface area contributed by atoms with Gasteiger partial charge in [-0.25, -0.2) is 0 Å². The molecule has 0 fully saturated rings. The van der Waals surface area contributed by atoms with Crippen LogP contribution in [-0.4, -0.2) is 20.0 Å². The number of anilines is 1. The van der Waals surface area contributed by atoms with E-state index in [0.717, 1.165) is 5.56 Å². The molecule has 4 nitrogen and oxygen atoms in total. The fraction of sp³-hybridized carbons (Fsp3) is 0.188. The average molecular weight is 271 g/mol. The number of ether oxygens (including phenoxy) is 2. The van der Waals surface area contributed by atoms with Crippen LogP contribution >= 0.6 is 0 Å². The zero-order valence-corrected chi connectivity index (χ0v) is 11.6. The maximum atomic E-state index is 12.2. The lowest BCUT2D eigenvalue weighted by molar-refractivity contribution is 0.0993. The van der Waals surface area contributed by atoms with Gasteiger partial charge in [0, 0.05) is 17.7 Å². The second-order valence-electron chi connectivity index (χ2n) is 4.41. The zero-order chi connectivity index (χ0) is 14.5. The Balaban J connectivity index is 2.19. The van der Waals surface area contributed by atoms with Crippen molar-refractivity contribution in [2.75, 3.05) is 20.0 Å². The molecule has 0 saturated heterocycles. The van der Waals surface area contributed by atoms with Crippen LogP contribution in [0.2, 0.25) is 0 Å². The van der Waals surface area contributed by atoms with Crippen molar-refractivity contribution in [2.24, 2.45) is 0 Å². The van der Waals surface area contributed by atoms with E-state index in [0.29, 0.717) is 29.2 Å². The van der Waals surface area contributed by atoms with Gasteiger partial charge < -0.3 is 15.2 Å². The van der Waals surface area contributed by atoms with Crippen LogP contribution in [0.4, 0.5) is 5.69 Å². The Morgan fingerprint density at radius 3 is 2.45 bits per heavy atom. The summed E-state index contributed by atoms with van der Waals surface area (Å²) in [6.07, 6.45) is 0.295. The number of hydrogen-bond donors (Lipinski definition) is 1. The van der Waals surface area contributed by atoms with Crippen molar-refractivity contribution in [1.82, 2.24) is 0 Å². The number of rotatable bonds is 5. The summed E-state index contributed by atoms with van der Waals surface area (Å²) in [6, 6.07) is 12.4. The number of carbonyl (C=O) groups excluding carboxylic acids is 1. The Bertz CT molecular complexity index is 623. The van der Waals surface area contributed by atoms with Crippen LogP contribution in [0, 0.1) is 0 Å².